The lowest BCUT2D eigenvalue weighted by molar-refractivity contribution is -0.348. The molecule has 0 aromatic heterocycles. The van der Waals surface area contributed by atoms with Crippen LogP contribution in [0.4, 0.5) is 0 Å². The lowest BCUT2D eigenvalue weighted by Gasteiger charge is -2.50. The number of hydrogen-bond acceptors (Lipinski definition) is 5. The van der Waals surface area contributed by atoms with Gasteiger partial charge in [0.2, 0.25) is 0 Å². The van der Waals surface area contributed by atoms with Gasteiger partial charge in [-0.2, -0.15) is 0 Å². The Balaban J connectivity index is 3.00. The van der Waals surface area contributed by atoms with Crippen LogP contribution in [-0.4, -0.2) is 50.1 Å². The van der Waals surface area contributed by atoms with E-state index in [4.69, 9.17) is 4.74 Å². The molecule has 1 rings (SSSR count). The minimum atomic E-state index is -1.88. The van der Waals surface area contributed by atoms with Crippen molar-refractivity contribution in [2.45, 2.75) is 50.5 Å². The van der Waals surface area contributed by atoms with Crippen molar-refractivity contribution in [3.05, 3.63) is 0 Å². The van der Waals surface area contributed by atoms with Crippen LogP contribution in [0.2, 0.25) is 0 Å². The highest BCUT2D eigenvalue weighted by atomic mass is 16.6. The van der Waals surface area contributed by atoms with Crippen molar-refractivity contribution in [3.8, 4) is 0 Å². The van der Waals surface area contributed by atoms with E-state index in [1.165, 1.54) is 20.8 Å². The molecule has 2 unspecified atom stereocenters. The maximum Gasteiger partial charge on any atom is 0.186 e. The summed E-state index contributed by atoms with van der Waals surface area (Å²) in [6.45, 7) is 3.99. The molecular formula is C8H16O5. The van der Waals surface area contributed by atoms with Crippen LogP contribution in [0.3, 0.4) is 0 Å². The van der Waals surface area contributed by atoms with Gasteiger partial charge in [0.1, 0.15) is 17.3 Å². The first-order valence-electron chi connectivity index (χ1n) is 4.17. The largest absolute Gasteiger partial charge is 0.387 e. The van der Waals surface area contributed by atoms with Gasteiger partial charge in [-0.3, -0.25) is 0 Å². The smallest absolute Gasteiger partial charge is 0.186 e. The summed E-state index contributed by atoms with van der Waals surface area (Å²) in [4.78, 5) is 0. The van der Waals surface area contributed by atoms with Crippen LogP contribution in [0, 0.1) is 0 Å². The highest BCUT2D eigenvalue weighted by molar-refractivity contribution is 5.05. The first-order valence-corrected chi connectivity index (χ1v) is 4.17. The highest BCUT2D eigenvalue weighted by Gasteiger charge is 2.58. The molecule has 0 amide bonds. The van der Waals surface area contributed by atoms with E-state index < -0.39 is 29.7 Å². The Bertz CT molecular complexity index is 201. The maximum atomic E-state index is 9.77. The molecule has 1 aliphatic heterocycles. The van der Waals surface area contributed by atoms with E-state index in [2.05, 4.69) is 0 Å². The average molecular weight is 192 g/mol. The van der Waals surface area contributed by atoms with Crippen molar-refractivity contribution in [3.63, 3.8) is 0 Å². The zero-order valence-electron chi connectivity index (χ0n) is 7.93. The second-order valence-corrected chi connectivity index (χ2v) is 3.93. The molecule has 1 saturated heterocycles. The summed E-state index contributed by atoms with van der Waals surface area (Å²) in [5.74, 6) is 0. The summed E-state index contributed by atoms with van der Waals surface area (Å²) in [5, 5.41) is 38.3. The van der Waals surface area contributed by atoms with Crippen molar-refractivity contribution >= 4 is 0 Å². The molecule has 5 heteroatoms. The molecule has 5 atom stereocenters. The van der Waals surface area contributed by atoms with Crippen molar-refractivity contribution in [2.24, 2.45) is 0 Å². The molecule has 1 aliphatic rings. The van der Waals surface area contributed by atoms with Gasteiger partial charge in [-0.25, -0.2) is 0 Å². The van der Waals surface area contributed by atoms with Crippen LogP contribution in [0.15, 0.2) is 0 Å². The van der Waals surface area contributed by atoms with E-state index in [-0.39, 0.29) is 0 Å². The Morgan fingerprint density at radius 2 is 1.54 bits per heavy atom. The summed E-state index contributed by atoms with van der Waals surface area (Å²) in [6.07, 6.45) is -3.45. The lowest BCUT2D eigenvalue weighted by Crippen LogP contribution is -2.70. The Morgan fingerprint density at radius 3 is 2.00 bits per heavy atom. The zero-order chi connectivity index (χ0) is 10.4. The van der Waals surface area contributed by atoms with Gasteiger partial charge in [-0.15, -0.1) is 0 Å². The second kappa shape index (κ2) is 2.90. The fourth-order valence-electron chi connectivity index (χ4n) is 1.42. The monoisotopic (exact) mass is 192 g/mol. The van der Waals surface area contributed by atoms with Crippen LogP contribution >= 0.6 is 0 Å². The SMILES string of the molecule is CC1OC(O)[C@@](C)(O)[C@](C)(O)[C@@H]1O. The minimum absolute atomic E-state index is 0.717. The van der Waals surface area contributed by atoms with Crippen LogP contribution in [-0.2, 0) is 4.74 Å². The number of hydrogen-bond donors (Lipinski definition) is 4. The topological polar surface area (TPSA) is 90.2 Å². The van der Waals surface area contributed by atoms with Gasteiger partial charge in [0, 0.05) is 0 Å². The zero-order valence-corrected chi connectivity index (χ0v) is 7.93. The number of rotatable bonds is 0. The molecule has 0 aromatic carbocycles. The third kappa shape index (κ3) is 1.37. The molecule has 4 N–H and O–H groups in total. The van der Waals surface area contributed by atoms with E-state index in [1.54, 1.807) is 0 Å². The summed E-state index contributed by atoms with van der Waals surface area (Å²) >= 11 is 0. The van der Waals surface area contributed by atoms with Crippen molar-refractivity contribution in [1.82, 2.24) is 0 Å². The molecule has 0 aromatic rings. The first-order chi connectivity index (χ1) is 5.71. The van der Waals surface area contributed by atoms with Gasteiger partial charge in [-0.1, -0.05) is 0 Å². The third-order valence-electron chi connectivity index (χ3n) is 2.87. The molecule has 0 bridgehead atoms. The minimum Gasteiger partial charge on any atom is -0.387 e. The molecule has 78 valence electrons. The fourth-order valence-corrected chi connectivity index (χ4v) is 1.42. The molecule has 5 nitrogen and oxygen atoms in total. The number of aliphatic hydroxyl groups excluding tert-OH is 2. The first kappa shape index (κ1) is 10.9. The summed E-state index contributed by atoms with van der Waals surface area (Å²) in [5.41, 5.74) is -3.66. The van der Waals surface area contributed by atoms with E-state index >= 15 is 0 Å². The van der Waals surface area contributed by atoms with Crippen molar-refractivity contribution in [2.75, 3.05) is 0 Å². The molecule has 13 heavy (non-hydrogen) atoms. The van der Waals surface area contributed by atoms with Gasteiger partial charge in [0.15, 0.2) is 6.29 Å². The van der Waals surface area contributed by atoms with Crippen LogP contribution < -0.4 is 0 Å². The summed E-state index contributed by atoms with van der Waals surface area (Å²) in [6, 6.07) is 0. The molecular weight excluding hydrogens is 176 g/mol. The fraction of sp³-hybridized carbons (Fsp3) is 1.00. The van der Waals surface area contributed by atoms with E-state index in [9.17, 15) is 20.4 Å². The highest BCUT2D eigenvalue weighted by Crippen LogP contribution is 2.36. The Labute approximate surface area is 76.6 Å². The van der Waals surface area contributed by atoms with Gasteiger partial charge < -0.3 is 25.2 Å². The molecule has 1 heterocycles. The standard InChI is InChI=1S/C8H16O5/c1-4-5(9)7(2,11)8(3,12)6(10)13-4/h4-6,9-12H,1-3H3/t4?,5-,6?,7-,8-/m1/s1. The van der Waals surface area contributed by atoms with Gasteiger partial charge in [-0.05, 0) is 20.8 Å². The van der Waals surface area contributed by atoms with Crippen LogP contribution in [0.25, 0.3) is 0 Å². The van der Waals surface area contributed by atoms with Crippen LogP contribution in [0.5, 0.6) is 0 Å². The second-order valence-electron chi connectivity index (χ2n) is 3.93. The van der Waals surface area contributed by atoms with Gasteiger partial charge in [0.05, 0.1) is 6.10 Å². The molecule has 0 aliphatic carbocycles. The Kier molecular flexibility index (Phi) is 2.42. The van der Waals surface area contributed by atoms with E-state index in [0.717, 1.165) is 0 Å². The quantitative estimate of drug-likeness (QED) is 0.378. The van der Waals surface area contributed by atoms with Gasteiger partial charge in [0.25, 0.3) is 0 Å². The van der Waals surface area contributed by atoms with Crippen molar-refractivity contribution < 1.29 is 25.2 Å². The maximum absolute atomic E-state index is 9.77. The molecule has 0 saturated carbocycles. The van der Waals surface area contributed by atoms with Crippen LogP contribution in [0.1, 0.15) is 20.8 Å². The van der Waals surface area contributed by atoms with Crippen molar-refractivity contribution in [1.29, 1.82) is 0 Å². The molecule has 0 radical (unpaired) electrons. The number of aliphatic hydroxyl groups is 4. The predicted molar refractivity (Wildman–Crippen MR) is 43.8 cm³/mol. The van der Waals surface area contributed by atoms with E-state index in [0.29, 0.717) is 0 Å². The number of ether oxygens (including phenoxy) is 1. The third-order valence-corrected chi connectivity index (χ3v) is 2.87. The normalized spacial score (nSPS) is 57.9. The van der Waals surface area contributed by atoms with E-state index in [1.807, 2.05) is 0 Å². The Morgan fingerprint density at radius 1 is 1.08 bits per heavy atom. The summed E-state index contributed by atoms with van der Waals surface area (Å²) < 4.78 is 4.84. The van der Waals surface area contributed by atoms with Gasteiger partial charge >= 0.3 is 0 Å². The average Bonchev–Trinajstić information content (AvgIpc) is 2.00. The molecule has 1 fully saturated rings. The Hall–Kier alpha value is -0.200. The predicted octanol–water partition coefficient (Wildman–Crippen LogP) is -1.41. The summed E-state index contributed by atoms with van der Waals surface area (Å²) in [7, 11) is 0. The lowest BCUT2D eigenvalue weighted by atomic mass is 9.77. The molecule has 0 spiro atoms.